The first-order valence-corrected chi connectivity index (χ1v) is 8.52. The fraction of sp³-hybridized carbons (Fsp3) is 0.571. The Balaban J connectivity index is 2.19. The number of hydrogen-bond donors (Lipinski definition) is 1. The van der Waals surface area contributed by atoms with Crippen molar-refractivity contribution < 1.29 is 9.00 Å². The van der Waals surface area contributed by atoms with Gasteiger partial charge in [0.15, 0.2) is 0 Å². The van der Waals surface area contributed by atoms with Gasteiger partial charge in [-0.25, -0.2) is 4.98 Å². The van der Waals surface area contributed by atoms with Crippen LogP contribution in [0.2, 0.25) is 0 Å². The van der Waals surface area contributed by atoms with Gasteiger partial charge in [-0.15, -0.1) is 0 Å². The van der Waals surface area contributed by atoms with E-state index < -0.39 is 10.8 Å². The molecule has 1 N–H and O–H groups in total. The second kappa shape index (κ2) is 6.83. The van der Waals surface area contributed by atoms with Crippen molar-refractivity contribution in [3.05, 3.63) is 23.4 Å². The maximum absolute atomic E-state index is 12.5. The molecule has 0 aromatic carbocycles. The third kappa shape index (κ3) is 3.56. The number of nitrogens with one attached hydrogen (secondary N) is 1. The summed E-state index contributed by atoms with van der Waals surface area (Å²) in [5, 5.41) is 3.16. The van der Waals surface area contributed by atoms with Crippen LogP contribution in [0.5, 0.6) is 0 Å². The van der Waals surface area contributed by atoms with Crippen LogP contribution in [-0.2, 0) is 17.2 Å². The number of carbonyl (C=O) groups is 1. The second-order valence-electron chi connectivity index (χ2n) is 4.76. The van der Waals surface area contributed by atoms with E-state index in [1.54, 1.807) is 11.0 Å². The van der Waals surface area contributed by atoms with Crippen LogP contribution in [-0.4, -0.2) is 51.1 Å². The lowest BCUT2D eigenvalue weighted by Crippen LogP contribution is -2.41. The summed E-state index contributed by atoms with van der Waals surface area (Å²) >= 11 is 0. The van der Waals surface area contributed by atoms with E-state index in [-0.39, 0.29) is 5.91 Å². The van der Waals surface area contributed by atoms with E-state index in [0.29, 0.717) is 30.2 Å². The van der Waals surface area contributed by atoms with Gasteiger partial charge in [-0.1, -0.05) is 6.92 Å². The summed E-state index contributed by atoms with van der Waals surface area (Å²) in [6, 6.07) is 3.66. The Morgan fingerprint density at radius 1 is 1.35 bits per heavy atom. The zero-order valence-corrected chi connectivity index (χ0v) is 12.8. The Bertz CT molecular complexity index is 509. The normalized spacial score (nSPS) is 16.2. The van der Waals surface area contributed by atoms with Crippen LogP contribution in [0, 0.1) is 0 Å². The molecule has 0 unspecified atom stereocenters. The van der Waals surface area contributed by atoms with Crippen LogP contribution in [0.1, 0.15) is 29.9 Å². The number of hydrogen-bond acceptors (Lipinski definition) is 4. The molecule has 1 saturated heterocycles. The van der Waals surface area contributed by atoms with Crippen molar-refractivity contribution in [1.82, 2.24) is 9.88 Å². The van der Waals surface area contributed by atoms with E-state index >= 15 is 0 Å². The summed E-state index contributed by atoms with van der Waals surface area (Å²) in [6.07, 6.45) is 0.795. The van der Waals surface area contributed by atoms with Gasteiger partial charge >= 0.3 is 0 Å². The highest BCUT2D eigenvalue weighted by molar-refractivity contribution is 7.85. The first kappa shape index (κ1) is 15.0. The van der Waals surface area contributed by atoms with E-state index in [0.717, 1.165) is 24.5 Å². The van der Waals surface area contributed by atoms with Crippen molar-refractivity contribution in [2.75, 3.05) is 36.5 Å². The fourth-order valence-electron chi connectivity index (χ4n) is 2.19. The Labute approximate surface area is 122 Å². The van der Waals surface area contributed by atoms with Gasteiger partial charge in [-0.2, -0.15) is 0 Å². The molecule has 1 fully saturated rings. The molecule has 1 aliphatic rings. The van der Waals surface area contributed by atoms with E-state index in [9.17, 15) is 9.00 Å². The minimum atomic E-state index is -0.766. The van der Waals surface area contributed by atoms with Crippen LogP contribution in [0.15, 0.2) is 12.1 Å². The van der Waals surface area contributed by atoms with Crippen molar-refractivity contribution >= 4 is 22.5 Å². The topological polar surface area (TPSA) is 62.3 Å². The molecule has 0 bridgehead atoms. The minimum absolute atomic E-state index is 0.0120. The lowest BCUT2D eigenvalue weighted by molar-refractivity contribution is 0.0771. The van der Waals surface area contributed by atoms with Gasteiger partial charge in [0.1, 0.15) is 5.82 Å². The summed E-state index contributed by atoms with van der Waals surface area (Å²) in [4.78, 5) is 18.7. The molecule has 110 valence electrons. The van der Waals surface area contributed by atoms with E-state index in [2.05, 4.69) is 10.3 Å². The van der Waals surface area contributed by atoms with Crippen LogP contribution in [0.3, 0.4) is 0 Å². The molecule has 2 rings (SSSR count). The van der Waals surface area contributed by atoms with Gasteiger partial charge in [0.05, 0.1) is 0 Å². The van der Waals surface area contributed by atoms with Crippen LogP contribution in [0.4, 0.5) is 5.82 Å². The third-order valence-electron chi connectivity index (χ3n) is 3.31. The quantitative estimate of drug-likeness (QED) is 0.909. The van der Waals surface area contributed by atoms with Gasteiger partial charge in [-0.3, -0.25) is 9.00 Å². The summed E-state index contributed by atoms with van der Waals surface area (Å²) in [6.45, 7) is 5.95. The second-order valence-corrected chi connectivity index (χ2v) is 6.45. The minimum Gasteiger partial charge on any atom is -0.370 e. The Morgan fingerprint density at radius 2 is 2.05 bits per heavy atom. The van der Waals surface area contributed by atoms with Crippen molar-refractivity contribution in [3.8, 4) is 0 Å². The highest BCUT2D eigenvalue weighted by Gasteiger charge is 2.22. The molecule has 1 aliphatic heterocycles. The van der Waals surface area contributed by atoms with Crippen molar-refractivity contribution in [3.63, 3.8) is 0 Å². The zero-order valence-electron chi connectivity index (χ0n) is 12.0. The molecule has 0 atom stereocenters. The van der Waals surface area contributed by atoms with E-state index in [1.807, 2.05) is 19.9 Å². The number of aromatic nitrogens is 1. The van der Waals surface area contributed by atoms with Gasteiger partial charge in [0, 0.05) is 53.2 Å². The van der Waals surface area contributed by atoms with Gasteiger partial charge in [-0.05, 0) is 25.5 Å². The summed E-state index contributed by atoms with van der Waals surface area (Å²) in [5.74, 6) is 1.92. The number of aryl methyl sites for hydroxylation is 1. The lowest BCUT2D eigenvalue weighted by Gasteiger charge is -2.26. The predicted molar refractivity (Wildman–Crippen MR) is 81.6 cm³/mol. The Kier molecular flexibility index (Phi) is 5.11. The molecular formula is C14H21N3O2S. The molecule has 5 nitrogen and oxygen atoms in total. The highest BCUT2D eigenvalue weighted by atomic mass is 32.2. The largest absolute Gasteiger partial charge is 0.370 e. The number of nitrogens with zero attached hydrogens (tertiary/aromatic N) is 2. The first-order valence-electron chi connectivity index (χ1n) is 7.03. The first-order chi connectivity index (χ1) is 9.63. The average Bonchev–Trinajstić information content (AvgIpc) is 2.47. The Morgan fingerprint density at radius 3 is 2.65 bits per heavy atom. The third-order valence-corrected chi connectivity index (χ3v) is 4.59. The summed E-state index contributed by atoms with van der Waals surface area (Å²) in [5.41, 5.74) is 1.58. The monoisotopic (exact) mass is 295 g/mol. The smallest absolute Gasteiger partial charge is 0.254 e. The lowest BCUT2D eigenvalue weighted by atomic mass is 10.1. The number of pyridine rings is 1. The van der Waals surface area contributed by atoms with Crippen LogP contribution < -0.4 is 5.32 Å². The maximum atomic E-state index is 12.5. The van der Waals surface area contributed by atoms with Gasteiger partial charge in [0.2, 0.25) is 0 Å². The number of rotatable bonds is 4. The predicted octanol–water partition coefficient (Wildman–Crippen LogP) is 1.28. The maximum Gasteiger partial charge on any atom is 0.254 e. The average molecular weight is 295 g/mol. The molecular weight excluding hydrogens is 274 g/mol. The van der Waals surface area contributed by atoms with Crippen LogP contribution >= 0.6 is 0 Å². The number of amides is 1. The van der Waals surface area contributed by atoms with Crippen molar-refractivity contribution in [2.24, 2.45) is 0 Å². The fourth-order valence-corrected chi connectivity index (χ4v) is 3.24. The number of carbonyl (C=O) groups excluding carboxylic acids is 1. The molecule has 6 heteroatoms. The molecule has 0 aliphatic carbocycles. The van der Waals surface area contributed by atoms with Crippen molar-refractivity contribution in [2.45, 2.75) is 20.3 Å². The molecule has 1 amide bonds. The summed E-state index contributed by atoms with van der Waals surface area (Å²) < 4.78 is 11.4. The van der Waals surface area contributed by atoms with E-state index in [4.69, 9.17) is 0 Å². The molecule has 20 heavy (non-hydrogen) atoms. The highest BCUT2D eigenvalue weighted by Crippen LogP contribution is 2.14. The van der Waals surface area contributed by atoms with Gasteiger partial charge in [0.25, 0.3) is 5.91 Å². The molecule has 0 radical (unpaired) electrons. The summed E-state index contributed by atoms with van der Waals surface area (Å²) in [7, 11) is -0.766. The standard InChI is InChI=1S/C14H21N3O2S/c1-3-12-9-11(10-13(16-12)15-4-2)14(18)17-5-7-20(19)8-6-17/h9-10H,3-8H2,1-2H3,(H,15,16). The van der Waals surface area contributed by atoms with Crippen LogP contribution in [0.25, 0.3) is 0 Å². The number of anilines is 1. The van der Waals surface area contributed by atoms with E-state index in [1.165, 1.54) is 0 Å². The molecule has 1 aromatic heterocycles. The molecule has 2 heterocycles. The zero-order chi connectivity index (χ0) is 14.5. The van der Waals surface area contributed by atoms with Crippen molar-refractivity contribution in [1.29, 1.82) is 0 Å². The van der Waals surface area contributed by atoms with Gasteiger partial charge < -0.3 is 10.2 Å². The molecule has 0 saturated carbocycles. The molecule has 1 aromatic rings. The SMILES string of the molecule is CCNc1cc(C(=O)N2CCS(=O)CC2)cc(CC)n1. The Hall–Kier alpha value is -1.43. The molecule has 0 spiro atoms.